The van der Waals surface area contributed by atoms with Gasteiger partial charge in [0.05, 0.1) is 5.02 Å². The van der Waals surface area contributed by atoms with Gasteiger partial charge in [-0.3, -0.25) is 4.79 Å². The van der Waals surface area contributed by atoms with E-state index in [-0.39, 0.29) is 0 Å². The molecule has 0 spiro atoms. The second kappa shape index (κ2) is 6.44. The Morgan fingerprint density at radius 3 is 1.60 bits per heavy atom. The molecule has 30 heavy (non-hydrogen) atoms. The first-order chi connectivity index (χ1) is 13.2. The van der Waals surface area contributed by atoms with Gasteiger partial charge in [0, 0.05) is 0 Å². The highest BCUT2D eigenvalue weighted by atomic mass is 35.5. The quantitative estimate of drug-likeness (QED) is 0.360. The number of hydrogen-bond acceptors (Lipinski definition) is 2. The van der Waals surface area contributed by atoms with Gasteiger partial charge in [-0.05, 0) is 23.8 Å². The number of rotatable bonds is 3. The highest BCUT2D eigenvalue weighted by Crippen LogP contribution is 2.69. The van der Waals surface area contributed by atoms with E-state index in [4.69, 9.17) is 11.6 Å². The minimum absolute atomic E-state index is 0.364. The lowest BCUT2D eigenvalue weighted by Crippen LogP contribution is -2.85. The zero-order chi connectivity index (χ0) is 23.7. The molecule has 1 aliphatic carbocycles. The molecule has 0 radical (unpaired) electrons. The summed E-state index contributed by atoms with van der Waals surface area (Å²) in [7, 11) is 0. The minimum atomic E-state index is -7.49. The van der Waals surface area contributed by atoms with E-state index in [1.807, 2.05) is 0 Å². The van der Waals surface area contributed by atoms with Crippen LogP contribution < -0.4 is 5.11 Å². The standard InChI is InChI=1S/C15H5ClF12O2/c16-6-3-5(1-2-7(6)17)8(29)4-9(30)10(18)11(19,20)13(23,24)15(27,28)14(25,26)12(10,21)22/h1-4,29H/p-1/b8-4-. The SMILES string of the molecule is O=C(/C=C(\[O-])c1ccc(F)c(Cl)c1)C1(F)C(F)(F)C(F)(F)C(F)(F)C(F)(F)C1(F)F. The molecule has 15 heteroatoms. The zero-order valence-corrected chi connectivity index (χ0v) is 14.3. The van der Waals surface area contributed by atoms with Gasteiger partial charge in [-0.1, -0.05) is 23.4 Å². The molecular formula is C15H4ClF12O2-. The molecule has 2 nitrogen and oxygen atoms in total. The topological polar surface area (TPSA) is 40.1 Å². The Labute approximate surface area is 162 Å². The number of hydrogen-bond donors (Lipinski definition) is 0. The van der Waals surface area contributed by atoms with Crippen LogP contribution in [0.1, 0.15) is 5.56 Å². The van der Waals surface area contributed by atoms with Crippen molar-refractivity contribution in [1.29, 1.82) is 0 Å². The summed E-state index contributed by atoms with van der Waals surface area (Å²) in [6.07, 6.45) is -1.05. The summed E-state index contributed by atoms with van der Waals surface area (Å²) in [6, 6.07) is 1.24. The van der Waals surface area contributed by atoms with E-state index in [0.29, 0.717) is 18.2 Å². The van der Waals surface area contributed by atoms with Crippen LogP contribution in [0.5, 0.6) is 0 Å². The van der Waals surface area contributed by atoms with Crippen molar-refractivity contribution in [3.8, 4) is 0 Å². The summed E-state index contributed by atoms with van der Waals surface area (Å²) >= 11 is 5.25. The first-order valence-electron chi connectivity index (χ1n) is 7.18. The van der Waals surface area contributed by atoms with E-state index in [2.05, 4.69) is 0 Å². The minimum Gasteiger partial charge on any atom is -0.872 e. The van der Waals surface area contributed by atoms with Gasteiger partial charge in [-0.15, -0.1) is 0 Å². The average molecular weight is 480 g/mol. The van der Waals surface area contributed by atoms with Crippen LogP contribution in [0, 0.1) is 5.82 Å². The van der Waals surface area contributed by atoms with E-state index >= 15 is 0 Å². The highest BCUT2D eigenvalue weighted by Gasteiger charge is 3.02. The Bertz CT molecular complexity index is 894. The second-order valence-corrected chi connectivity index (χ2v) is 6.44. The molecule has 0 saturated heterocycles. The molecular weight excluding hydrogens is 476 g/mol. The van der Waals surface area contributed by atoms with Crippen LogP contribution in [0.4, 0.5) is 52.7 Å². The molecule has 0 N–H and O–H groups in total. The summed E-state index contributed by atoms with van der Waals surface area (Å²) in [4.78, 5) is 11.6. The van der Waals surface area contributed by atoms with E-state index in [0.717, 1.165) is 0 Å². The molecule has 1 aliphatic rings. The predicted molar refractivity (Wildman–Crippen MR) is 73.0 cm³/mol. The fourth-order valence-electron chi connectivity index (χ4n) is 2.48. The maximum absolute atomic E-state index is 14.5. The molecule has 2 rings (SSSR count). The number of allylic oxidation sites excluding steroid dienone is 1. The van der Waals surface area contributed by atoms with Crippen molar-refractivity contribution in [2.75, 3.05) is 0 Å². The van der Waals surface area contributed by atoms with Crippen molar-refractivity contribution in [1.82, 2.24) is 0 Å². The van der Waals surface area contributed by atoms with Gasteiger partial charge in [0.2, 0.25) is 5.78 Å². The molecule has 0 aliphatic heterocycles. The number of alkyl halides is 11. The van der Waals surface area contributed by atoms with Crippen LogP contribution in [0.25, 0.3) is 5.76 Å². The Kier molecular flexibility index (Phi) is 5.18. The predicted octanol–water partition coefficient (Wildman–Crippen LogP) is 4.65. The third-order valence-electron chi connectivity index (χ3n) is 4.25. The van der Waals surface area contributed by atoms with Crippen LogP contribution in [0.15, 0.2) is 24.3 Å². The Hall–Kier alpha value is -2.12. The first kappa shape index (κ1) is 24.2. The van der Waals surface area contributed by atoms with Gasteiger partial charge in [0.25, 0.3) is 0 Å². The number of carbonyl (C=O) groups is 1. The summed E-state index contributed by atoms with van der Waals surface area (Å²) in [6.45, 7) is 0. The maximum atomic E-state index is 14.5. The molecule has 1 saturated carbocycles. The highest BCUT2D eigenvalue weighted by molar-refractivity contribution is 6.30. The van der Waals surface area contributed by atoms with Gasteiger partial charge >= 0.3 is 35.3 Å². The van der Waals surface area contributed by atoms with E-state index in [1.165, 1.54) is 0 Å². The van der Waals surface area contributed by atoms with E-state index < -0.39 is 69.3 Å². The van der Waals surface area contributed by atoms with Crippen LogP contribution in [0.2, 0.25) is 5.02 Å². The van der Waals surface area contributed by atoms with Crippen molar-refractivity contribution in [3.63, 3.8) is 0 Å². The normalized spacial score (nSPS) is 25.6. The summed E-state index contributed by atoms with van der Waals surface area (Å²) in [5, 5.41) is 10.9. The smallest absolute Gasteiger partial charge is 0.384 e. The van der Waals surface area contributed by atoms with Crippen LogP contribution in [-0.4, -0.2) is 41.1 Å². The fraction of sp³-hybridized carbons (Fsp3) is 0.400. The third kappa shape index (κ3) is 2.57. The van der Waals surface area contributed by atoms with Crippen molar-refractivity contribution >= 4 is 23.1 Å². The number of ketones is 1. The molecule has 0 heterocycles. The Morgan fingerprint density at radius 1 is 0.800 bits per heavy atom. The molecule has 1 aromatic carbocycles. The molecule has 0 unspecified atom stereocenters. The van der Waals surface area contributed by atoms with Gasteiger partial charge < -0.3 is 5.11 Å². The molecule has 1 fully saturated rings. The molecule has 0 amide bonds. The molecule has 0 bridgehead atoms. The Morgan fingerprint density at radius 2 is 1.20 bits per heavy atom. The molecule has 168 valence electrons. The van der Waals surface area contributed by atoms with Crippen molar-refractivity contribution in [2.24, 2.45) is 0 Å². The number of halogens is 13. The largest absolute Gasteiger partial charge is 0.872 e. The fourth-order valence-corrected chi connectivity index (χ4v) is 2.66. The van der Waals surface area contributed by atoms with Gasteiger partial charge in [0.1, 0.15) is 5.82 Å². The summed E-state index contributed by atoms with van der Waals surface area (Å²) < 4.78 is 162. The van der Waals surface area contributed by atoms with Crippen LogP contribution in [0.3, 0.4) is 0 Å². The van der Waals surface area contributed by atoms with Crippen LogP contribution >= 0.6 is 11.6 Å². The summed E-state index contributed by atoms with van der Waals surface area (Å²) in [5.74, 6) is -44.1. The first-order valence-corrected chi connectivity index (χ1v) is 7.56. The Balaban J connectivity index is 2.72. The average Bonchev–Trinajstić information content (AvgIpc) is 2.61. The second-order valence-electron chi connectivity index (χ2n) is 6.03. The van der Waals surface area contributed by atoms with Gasteiger partial charge in [0.15, 0.2) is 0 Å². The van der Waals surface area contributed by atoms with E-state index in [9.17, 15) is 62.6 Å². The van der Waals surface area contributed by atoms with Crippen molar-refractivity contribution in [2.45, 2.75) is 35.3 Å². The summed E-state index contributed by atoms with van der Waals surface area (Å²) in [5.41, 5.74) is -7.93. The number of benzene rings is 1. The number of carbonyl (C=O) groups excluding carboxylic acids is 1. The van der Waals surface area contributed by atoms with Crippen molar-refractivity contribution in [3.05, 3.63) is 40.7 Å². The van der Waals surface area contributed by atoms with Crippen LogP contribution in [-0.2, 0) is 4.79 Å². The van der Waals surface area contributed by atoms with Gasteiger partial charge in [-0.25, -0.2) is 8.78 Å². The molecule has 0 atom stereocenters. The molecule has 1 aromatic rings. The lowest BCUT2D eigenvalue weighted by molar-refractivity contribution is -0.475. The third-order valence-corrected chi connectivity index (χ3v) is 4.54. The van der Waals surface area contributed by atoms with Gasteiger partial charge in [-0.2, -0.15) is 43.9 Å². The van der Waals surface area contributed by atoms with Crippen molar-refractivity contribution < 1.29 is 62.6 Å². The lowest BCUT2D eigenvalue weighted by Gasteiger charge is -2.51. The zero-order valence-electron chi connectivity index (χ0n) is 13.5. The van der Waals surface area contributed by atoms with E-state index in [1.54, 1.807) is 0 Å². The maximum Gasteiger partial charge on any atom is 0.384 e. The monoisotopic (exact) mass is 479 g/mol. The lowest BCUT2D eigenvalue weighted by atomic mass is 9.70. The molecule has 0 aromatic heterocycles.